The minimum atomic E-state index is -4.82. The van der Waals surface area contributed by atoms with Crippen molar-refractivity contribution in [1.82, 2.24) is 14.8 Å². The van der Waals surface area contributed by atoms with Crippen molar-refractivity contribution in [1.29, 1.82) is 0 Å². The van der Waals surface area contributed by atoms with E-state index in [9.17, 15) is 32.7 Å². The number of benzene rings is 1. The quantitative estimate of drug-likeness (QED) is 0.298. The molecule has 2 aliphatic heterocycles. The molecule has 3 atom stereocenters. The molecule has 3 aliphatic rings. The molecule has 1 aromatic carbocycles. The Morgan fingerprint density at radius 2 is 1.93 bits per heavy atom. The number of ether oxygens (including phenoxy) is 1. The van der Waals surface area contributed by atoms with Gasteiger partial charge in [-0.25, -0.2) is 5.84 Å². The van der Waals surface area contributed by atoms with E-state index in [4.69, 9.17) is 27.9 Å². The second-order valence-corrected chi connectivity index (χ2v) is 11.9. The van der Waals surface area contributed by atoms with Gasteiger partial charge in [-0.15, -0.1) is 0 Å². The first kappa shape index (κ1) is 31.7. The van der Waals surface area contributed by atoms with Crippen molar-refractivity contribution >= 4 is 29.4 Å². The highest BCUT2D eigenvalue weighted by Crippen LogP contribution is 2.46. The first-order valence-corrected chi connectivity index (χ1v) is 14.3. The van der Waals surface area contributed by atoms with Crippen LogP contribution in [-0.4, -0.2) is 77.2 Å². The summed E-state index contributed by atoms with van der Waals surface area (Å²) >= 11 is 6.58. The highest BCUT2D eigenvalue weighted by atomic mass is 35.5. The Morgan fingerprint density at radius 3 is 2.52 bits per heavy atom. The topological polar surface area (TPSA) is 142 Å². The van der Waals surface area contributed by atoms with Crippen molar-refractivity contribution in [3.05, 3.63) is 39.7 Å². The van der Waals surface area contributed by atoms with E-state index in [-0.39, 0.29) is 30.7 Å². The summed E-state index contributed by atoms with van der Waals surface area (Å²) in [5.74, 6) is 3.32. The van der Waals surface area contributed by atoms with Gasteiger partial charge in [0.25, 0.3) is 0 Å². The minimum Gasteiger partial charge on any atom is -0.487 e. The van der Waals surface area contributed by atoms with Gasteiger partial charge in [-0.2, -0.15) is 13.2 Å². The lowest BCUT2D eigenvalue weighted by atomic mass is 9.66. The normalized spacial score (nSPS) is 25.2. The van der Waals surface area contributed by atoms with Crippen LogP contribution in [0.3, 0.4) is 0 Å². The number of carbonyl (C=O) groups excluding carboxylic acids is 2. The Morgan fingerprint density at radius 1 is 1.21 bits per heavy atom. The predicted molar refractivity (Wildman–Crippen MR) is 148 cm³/mol. The predicted octanol–water partition coefficient (Wildman–Crippen LogP) is 3.59. The zero-order chi connectivity index (χ0) is 31.0. The summed E-state index contributed by atoms with van der Waals surface area (Å²) in [6.07, 6.45) is -1.32. The number of aliphatic carboxylic acids is 1. The SMILES string of the molecule is CN(N)/C(=C(\N)COc1ccc(Cl)c2c1C(CN1CCCC1=O)N(C(=O)C1CCCC[C@]1(C)C(=O)O)CC2)C(F)(F)F. The Hall–Kier alpha value is -3.19. The summed E-state index contributed by atoms with van der Waals surface area (Å²) in [6.45, 7) is 1.75. The molecule has 1 saturated heterocycles. The number of rotatable bonds is 8. The number of nitrogens with zero attached hydrogens (tertiary/aromatic N) is 3. The molecule has 2 unspecified atom stereocenters. The number of alkyl halides is 3. The number of carboxylic acids is 1. The Bertz CT molecular complexity index is 1270. The lowest BCUT2D eigenvalue weighted by Gasteiger charge is -2.45. The van der Waals surface area contributed by atoms with Crippen LogP contribution >= 0.6 is 11.6 Å². The fraction of sp³-hybridized carbons (Fsp3) is 0.607. The first-order valence-electron chi connectivity index (χ1n) is 14.0. The molecule has 0 spiro atoms. The van der Waals surface area contributed by atoms with Crippen LogP contribution in [0.25, 0.3) is 0 Å². The fourth-order valence-corrected chi connectivity index (χ4v) is 6.74. The number of likely N-dealkylation sites (tertiary alicyclic amines) is 1. The molecular weight excluding hydrogens is 579 g/mol. The number of amides is 2. The monoisotopic (exact) mass is 615 g/mol. The van der Waals surface area contributed by atoms with Crippen molar-refractivity contribution in [3.8, 4) is 5.75 Å². The maximum absolute atomic E-state index is 14.2. The molecule has 232 valence electrons. The standard InChI is InChI=1S/C28H37ClF3N5O5/c1-27(26(40)41)11-4-3-6-17(27)25(39)37-13-10-16-18(29)8-9-21(23(16)20(37)14-36-12-5-7-22(36)38)42-15-19(33)24(35(2)34)28(30,31)32/h8-9,17,20H,3-7,10-15,33-34H2,1-2H3,(H,40,41)/b24-19-/t17?,20?,27-/m0/s1. The summed E-state index contributed by atoms with van der Waals surface area (Å²) in [7, 11) is 1.02. The average molecular weight is 616 g/mol. The van der Waals surface area contributed by atoms with Gasteiger partial charge in [0.15, 0.2) is 5.70 Å². The number of fused-ring (bicyclic) bond motifs is 1. The van der Waals surface area contributed by atoms with Crippen molar-refractivity contribution in [2.45, 2.75) is 64.1 Å². The zero-order valence-corrected chi connectivity index (χ0v) is 24.4. The van der Waals surface area contributed by atoms with Gasteiger partial charge in [-0.05, 0) is 50.3 Å². The van der Waals surface area contributed by atoms with Gasteiger partial charge < -0.3 is 30.4 Å². The summed E-state index contributed by atoms with van der Waals surface area (Å²) < 4.78 is 46.6. The Labute approximate surface area is 247 Å². The molecule has 0 bridgehead atoms. The van der Waals surface area contributed by atoms with Crippen LogP contribution in [0.5, 0.6) is 5.75 Å². The van der Waals surface area contributed by atoms with Crippen molar-refractivity contribution in [2.75, 3.05) is 33.3 Å². The molecular formula is C28H37ClF3N5O5. The molecule has 14 heteroatoms. The van der Waals surface area contributed by atoms with E-state index in [1.165, 1.54) is 6.07 Å². The van der Waals surface area contributed by atoms with Gasteiger partial charge in [0.2, 0.25) is 11.8 Å². The Kier molecular flexibility index (Phi) is 9.22. The molecule has 4 rings (SSSR count). The van der Waals surface area contributed by atoms with E-state index < -0.39 is 47.5 Å². The number of hydrogen-bond acceptors (Lipinski definition) is 7. The number of carboxylic acid groups (broad SMARTS) is 1. The molecule has 2 amide bonds. The molecule has 1 saturated carbocycles. The van der Waals surface area contributed by atoms with E-state index in [0.29, 0.717) is 72.6 Å². The van der Waals surface area contributed by atoms with Crippen LogP contribution in [0.4, 0.5) is 13.2 Å². The molecule has 1 aromatic rings. The van der Waals surface area contributed by atoms with Crippen LogP contribution in [0.1, 0.15) is 62.6 Å². The zero-order valence-electron chi connectivity index (χ0n) is 23.7. The summed E-state index contributed by atoms with van der Waals surface area (Å²) in [5.41, 5.74) is 3.75. The number of carbonyl (C=O) groups is 3. The van der Waals surface area contributed by atoms with Crippen molar-refractivity contribution in [2.24, 2.45) is 22.9 Å². The number of nitrogens with two attached hydrogens (primary N) is 2. The first-order chi connectivity index (χ1) is 19.7. The molecule has 2 heterocycles. The third-order valence-electron chi connectivity index (χ3n) is 8.72. The fourth-order valence-electron chi connectivity index (χ4n) is 6.48. The molecule has 0 aromatic heterocycles. The van der Waals surface area contributed by atoms with E-state index in [0.717, 1.165) is 7.05 Å². The van der Waals surface area contributed by atoms with Gasteiger partial charge in [-0.1, -0.05) is 24.4 Å². The molecule has 2 fully saturated rings. The third-order valence-corrected chi connectivity index (χ3v) is 9.08. The third kappa shape index (κ3) is 6.12. The van der Waals surface area contributed by atoms with Gasteiger partial charge in [0.1, 0.15) is 12.4 Å². The number of allylic oxidation sites excluding steroid dienone is 1. The van der Waals surface area contributed by atoms with Crippen molar-refractivity contribution < 1.29 is 37.4 Å². The van der Waals surface area contributed by atoms with Crippen LogP contribution in [0.2, 0.25) is 5.02 Å². The second-order valence-electron chi connectivity index (χ2n) is 11.5. The van der Waals surface area contributed by atoms with E-state index in [1.54, 1.807) is 22.8 Å². The lowest BCUT2D eigenvalue weighted by Crippen LogP contribution is -2.52. The van der Waals surface area contributed by atoms with Crippen LogP contribution in [-0.2, 0) is 20.8 Å². The second kappa shape index (κ2) is 12.2. The van der Waals surface area contributed by atoms with Gasteiger partial charge in [0, 0.05) is 43.7 Å². The summed E-state index contributed by atoms with van der Waals surface area (Å²) in [4.78, 5) is 42.4. The minimum absolute atomic E-state index is 0.0833. The lowest BCUT2D eigenvalue weighted by molar-refractivity contribution is -0.162. The van der Waals surface area contributed by atoms with Gasteiger partial charge in [-0.3, -0.25) is 14.4 Å². The van der Waals surface area contributed by atoms with E-state index >= 15 is 0 Å². The van der Waals surface area contributed by atoms with Crippen molar-refractivity contribution in [3.63, 3.8) is 0 Å². The molecule has 1 aliphatic carbocycles. The molecule has 0 radical (unpaired) electrons. The van der Waals surface area contributed by atoms with Crippen LogP contribution < -0.4 is 16.3 Å². The highest BCUT2D eigenvalue weighted by molar-refractivity contribution is 6.31. The smallest absolute Gasteiger partial charge is 0.434 e. The summed E-state index contributed by atoms with van der Waals surface area (Å²) in [6, 6.07) is 2.30. The van der Waals surface area contributed by atoms with Gasteiger partial charge >= 0.3 is 12.1 Å². The maximum atomic E-state index is 14.2. The van der Waals surface area contributed by atoms with E-state index in [2.05, 4.69) is 0 Å². The summed E-state index contributed by atoms with van der Waals surface area (Å²) in [5, 5.41) is 10.8. The molecule has 10 nitrogen and oxygen atoms in total. The maximum Gasteiger partial charge on any atom is 0.434 e. The average Bonchev–Trinajstić information content (AvgIpc) is 3.31. The van der Waals surface area contributed by atoms with Crippen LogP contribution in [0.15, 0.2) is 23.5 Å². The largest absolute Gasteiger partial charge is 0.487 e. The number of hydrogen-bond donors (Lipinski definition) is 3. The Balaban J connectivity index is 1.76. The highest BCUT2D eigenvalue weighted by Gasteiger charge is 2.50. The van der Waals surface area contributed by atoms with E-state index in [1.807, 2.05) is 0 Å². The number of hydrazine groups is 1. The molecule has 42 heavy (non-hydrogen) atoms. The van der Waals surface area contributed by atoms with Gasteiger partial charge in [0.05, 0.1) is 23.1 Å². The number of halogens is 4. The molecule has 5 N–H and O–H groups in total. The van der Waals surface area contributed by atoms with Crippen LogP contribution in [0, 0.1) is 11.3 Å².